The van der Waals surface area contributed by atoms with Gasteiger partial charge < -0.3 is 15.4 Å². The maximum Gasteiger partial charge on any atom is 0.270 e. The van der Waals surface area contributed by atoms with E-state index in [1.165, 1.54) is 12.1 Å². The average Bonchev–Trinajstić information content (AvgIpc) is 2.47. The number of non-ortho nitro benzene ring substituents is 1. The second-order valence-electron chi connectivity index (χ2n) is 4.47. The third-order valence-electron chi connectivity index (χ3n) is 3.20. The number of fused-ring (bicyclic) bond motifs is 1. The van der Waals surface area contributed by atoms with Crippen molar-refractivity contribution in [3.05, 3.63) is 28.3 Å². The van der Waals surface area contributed by atoms with Gasteiger partial charge in [0.05, 0.1) is 23.7 Å². The summed E-state index contributed by atoms with van der Waals surface area (Å²) in [6.45, 7) is 2.67. The van der Waals surface area contributed by atoms with E-state index < -0.39 is 4.92 Å². The molecule has 2 N–H and O–H groups in total. The van der Waals surface area contributed by atoms with Crippen LogP contribution >= 0.6 is 0 Å². The van der Waals surface area contributed by atoms with E-state index in [1.807, 2.05) is 4.90 Å². The summed E-state index contributed by atoms with van der Waals surface area (Å²) in [5.74, 6) is 0.785. The number of nitro groups is 1. The molecular weight excluding hydrogens is 262 g/mol. The molecule has 1 aromatic heterocycles. The lowest BCUT2D eigenvalue weighted by Gasteiger charge is -2.27. The average molecular weight is 275 g/mol. The molecule has 2 heterocycles. The van der Waals surface area contributed by atoms with Gasteiger partial charge in [0.15, 0.2) is 0 Å². The molecule has 20 heavy (non-hydrogen) atoms. The van der Waals surface area contributed by atoms with Crippen molar-refractivity contribution in [2.45, 2.75) is 0 Å². The van der Waals surface area contributed by atoms with Crippen LogP contribution in [0.2, 0.25) is 0 Å². The predicted molar refractivity (Wildman–Crippen MR) is 73.6 cm³/mol. The monoisotopic (exact) mass is 275 g/mol. The van der Waals surface area contributed by atoms with Crippen LogP contribution in [0.25, 0.3) is 10.9 Å². The number of morpholine rings is 1. The summed E-state index contributed by atoms with van der Waals surface area (Å²) in [6.07, 6.45) is 0. The lowest BCUT2D eigenvalue weighted by Crippen LogP contribution is -2.37. The Hall–Kier alpha value is -2.48. The fourth-order valence-electron chi connectivity index (χ4n) is 2.15. The van der Waals surface area contributed by atoms with Crippen LogP contribution in [0.3, 0.4) is 0 Å². The molecule has 0 amide bonds. The Bertz CT molecular complexity index is 669. The zero-order chi connectivity index (χ0) is 14.1. The first-order valence-electron chi connectivity index (χ1n) is 6.19. The standard InChI is InChI=1S/C12H13N5O3/c13-11-9-7-8(17(18)19)1-2-10(9)14-12(15-11)16-3-5-20-6-4-16/h1-2,7H,3-6H2,(H2,13,14,15). The van der Waals surface area contributed by atoms with Crippen molar-refractivity contribution >= 4 is 28.4 Å². The van der Waals surface area contributed by atoms with E-state index in [2.05, 4.69) is 9.97 Å². The molecule has 8 heteroatoms. The number of nitro benzene ring substituents is 1. The summed E-state index contributed by atoms with van der Waals surface area (Å²) in [6, 6.07) is 4.40. The van der Waals surface area contributed by atoms with Gasteiger partial charge >= 0.3 is 0 Å². The van der Waals surface area contributed by atoms with Gasteiger partial charge in [-0.15, -0.1) is 0 Å². The highest BCUT2D eigenvalue weighted by Gasteiger charge is 2.17. The number of hydrogen-bond acceptors (Lipinski definition) is 7. The quantitative estimate of drug-likeness (QED) is 0.642. The second kappa shape index (κ2) is 4.89. The molecule has 1 aromatic carbocycles. The van der Waals surface area contributed by atoms with Crippen molar-refractivity contribution in [3.63, 3.8) is 0 Å². The Labute approximate surface area is 114 Å². The Morgan fingerprint density at radius 1 is 1.30 bits per heavy atom. The van der Waals surface area contributed by atoms with E-state index in [4.69, 9.17) is 10.5 Å². The van der Waals surface area contributed by atoms with Gasteiger partial charge in [0.1, 0.15) is 5.82 Å². The van der Waals surface area contributed by atoms with E-state index >= 15 is 0 Å². The number of nitrogens with zero attached hydrogens (tertiary/aromatic N) is 4. The topological polar surface area (TPSA) is 107 Å². The van der Waals surface area contributed by atoms with Gasteiger partial charge in [-0.1, -0.05) is 0 Å². The number of hydrogen-bond donors (Lipinski definition) is 1. The summed E-state index contributed by atoms with van der Waals surface area (Å²) in [5.41, 5.74) is 6.48. The maximum atomic E-state index is 10.8. The number of anilines is 2. The van der Waals surface area contributed by atoms with Crippen molar-refractivity contribution in [3.8, 4) is 0 Å². The zero-order valence-corrected chi connectivity index (χ0v) is 10.7. The number of aromatic nitrogens is 2. The van der Waals surface area contributed by atoms with Crippen molar-refractivity contribution in [1.29, 1.82) is 0 Å². The highest BCUT2D eigenvalue weighted by atomic mass is 16.6. The Morgan fingerprint density at radius 3 is 2.75 bits per heavy atom. The first kappa shape index (κ1) is 12.5. The third-order valence-corrected chi connectivity index (χ3v) is 3.20. The Balaban J connectivity index is 2.05. The van der Waals surface area contributed by atoms with Crippen molar-refractivity contribution in [2.24, 2.45) is 0 Å². The molecular formula is C12H13N5O3. The van der Waals surface area contributed by atoms with Crippen LogP contribution in [0.5, 0.6) is 0 Å². The molecule has 0 radical (unpaired) electrons. The van der Waals surface area contributed by atoms with E-state index in [9.17, 15) is 10.1 Å². The predicted octanol–water partition coefficient (Wildman–Crippen LogP) is 0.957. The molecule has 1 aliphatic rings. The van der Waals surface area contributed by atoms with Crippen LogP contribution in [0.4, 0.5) is 17.5 Å². The van der Waals surface area contributed by atoms with Gasteiger partial charge in [-0.05, 0) is 6.07 Å². The van der Waals surface area contributed by atoms with E-state index in [0.717, 1.165) is 0 Å². The fraction of sp³-hybridized carbons (Fsp3) is 0.333. The van der Waals surface area contributed by atoms with E-state index in [-0.39, 0.29) is 11.5 Å². The van der Waals surface area contributed by atoms with Crippen LogP contribution < -0.4 is 10.6 Å². The highest BCUT2D eigenvalue weighted by Crippen LogP contribution is 2.25. The van der Waals surface area contributed by atoms with Gasteiger partial charge in [0.25, 0.3) is 5.69 Å². The molecule has 104 valence electrons. The smallest absolute Gasteiger partial charge is 0.270 e. The van der Waals surface area contributed by atoms with Crippen LogP contribution in [-0.2, 0) is 4.74 Å². The Kier molecular flexibility index (Phi) is 3.07. The number of rotatable bonds is 2. The van der Waals surface area contributed by atoms with Crippen LogP contribution in [0.15, 0.2) is 18.2 Å². The summed E-state index contributed by atoms with van der Waals surface area (Å²) in [4.78, 5) is 21.0. The normalized spacial score (nSPS) is 15.5. The second-order valence-corrected chi connectivity index (χ2v) is 4.47. The molecule has 3 rings (SSSR count). The SMILES string of the molecule is Nc1nc(N2CCOCC2)nc2ccc([N+](=O)[O-])cc12. The lowest BCUT2D eigenvalue weighted by molar-refractivity contribution is -0.384. The van der Waals surface area contributed by atoms with Gasteiger partial charge in [0, 0.05) is 30.6 Å². The van der Waals surface area contributed by atoms with Gasteiger partial charge in [-0.3, -0.25) is 10.1 Å². The molecule has 0 aliphatic carbocycles. The lowest BCUT2D eigenvalue weighted by atomic mass is 10.2. The fourth-order valence-corrected chi connectivity index (χ4v) is 2.15. The largest absolute Gasteiger partial charge is 0.383 e. The minimum atomic E-state index is -0.464. The van der Waals surface area contributed by atoms with E-state index in [1.54, 1.807) is 6.07 Å². The van der Waals surface area contributed by atoms with Crippen LogP contribution in [-0.4, -0.2) is 41.2 Å². The maximum absolute atomic E-state index is 10.8. The Morgan fingerprint density at radius 2 is 2.05 bits per heavy atom. The van der Waals surface area contributed by atoms with Crippen LogP contribution in [0, 0.1) is 10.1 Å². The molecule has 1 aliphatic heterocycles. The molecule has 0 saturated carbocycles. The summed E-state index contributed by atoms with van der Waals surface area (Å²) in [7, 11) is 0. The molecule has 1 fully saturated rings. The molecule has 0 atom stereocenters. The molecule has 0 unspecified atom stereocenters. The number of benzene rings is 1. The van der Waals surface area contributed by atoms with Crippen molar-refractivity contribution in [1.82, 2.24) is 9.97 Å². The minimum Gasteiger partial charge on any atom is -0.383 e. The highest BCUT2D eigenvalue weighted by molar-refractivity contribution is 5.90. The first-order valence-corrected chi connectivity index (χ1v) is 6.19. The third kappa shape index (κ3) is 2.21. The van der Waals surface area contributed by atoms with Gasteiger partial charge in [-0.2, -0.15) is 4.98 Å². The number of ether oxygens (including phenoxy) is 1. The minimum absolute atomic E-state index is 0.0214. The molecule has 1 saturated heterocycles. The van der Waals surface area contributed by atoms with Crippen LogP contribution in [0.1, 0.15) is 0 Å². The molecule has 8 nitrogen and oxygen atoms in total. The number of nitrogens with two attached hydrogens (primary N) is 1. The first-order chi connectivity index (χ1) is 9.65. The molecule has 0 spiro atoms. The van der Waals surface area contributed by atoms with E-state index in [0.29, 0.717) is 43.2 Å². The van der Waals surface area contributed by atoms with Crippen molar-refractivity contribution < 1.29 is 9.66 Å². The summed E-state index contributed by atoms with van der Waals surface area (Å²) in [5, 5.41) is 11.3. The van der Waals surface area contributed by atoms with Crippen molar-refractivity contribution in [2.75, 3.05) is 36.9 Å². The van der Waals surface area contributed by atoms with Gasteiger partial charge in [0.2, 0.25) is 5.95 Å². The molecule has 2 aromatic rings. The summed E-state index contributed by atoms with van der Waals surface area (Å²) < 4.78 is 5.28. The molecule has 0 bridgehead atoms. The van der Waals surface area contributed by atoms with Gasteiger partial charge in [-0.25, -0.2) is 4.98 Å². The zero-order valence-electron chi connectivity index (χ0n) is 10.7. The summed E-state index contributed by atoms with van der Waals surface area (Å²) >= 11 is 0. The number of nitrogen functional groups attached to an aromatic ring is 1.